The van der Waals surface area contributed by atoms with E-state index in [1.54, 1.807) is 0 Å². The SMILES string of the molecule is C[C@H]1[C@H]2CCC3[C@@H]4CC=C5CC(=O)CCC5(C)[C@H]4CC[C@@]32CN1C. The van der Waals surface area contributed by atoms with Gasteiger partial charge in [-0.25, -0.2) is 0 Å². The van der Waals surface area contributed by atoms with Crippen molar-refractivity contribution in [2.24, 2.45) is 34.5 Å². The lowest BCUT2D eigenvalue weighted by Crippen LogP contribution is -2.51. The Kier molecular flexibility index (Phi) is 3.23. The summed E-state index contributed by atoms with van der Waals surface area (Å²) in [6, 6.07) is 0.782. The van der Waals surface area contributed by atoms with Crippen LogP contribution in [0, 0.1) is 34.5 Å². The van der Waals surface area contributed by atoms with Crippen molar-refractivity contribution in [3.05, 3.63) is 11.6 Å². The van der Waals surface area contributed by atoms with Crippen LogP contribution in [-0.2, 0) is 4.79 Å². The molecule has 2 nitrogen and oxygen atoms in total. The van der Waals surface area contributed by atoms with Gasteiger partial charge in [0.1, 0.15) is 5.78 Å². The van der Waals surface area contributed by atoms with Crippen molar-refractivity contribution in [1.82, 2.24) is 4.90 Å². The maximum Gasteiger partial charge on any atom is 0.136 e. The third kappa shape index (κ3) is 1.79. The van der Waals surface area contributed by atoms with Crippen LogP contribution >= 0.6 is 0 Å². The van der Waals surface area contributed by atoms with E-state index in [1.165, 1.54) is 44.2 Å². The Morgan fingerprint density at radius 1 is 1.12 bits per heavy atom. The van der Waals surface area contributed by atoms with Crippen LogP contribution < -0.4 is 0 Å². The van der Waals surface area contributed by atoms with E-state index in [2.05, 4.69) is 31.9 Å². The monoisotopic (exact) mass is 327 g/mol. The van der Waals surface area contributed by atoms with Crippen LogP contribution in [0.1, 0.15) is 65.2 Å². The fraction of sp³-hybridized carbons (Fsp3) is 0.864. The van der Waals surface area contributed by atoms with E-state index in [1.807, 2.05) is 0 Å². The molecule has 0 radical (unpaired) electrons. The van der Waals surface area contributed by atoms with E-state index in [9.17, 15) is 4.79 Å². The topological polar surface area (TPSA) is 20.3 Å². The lowest BCUT2D eigenvalue weighted by molar-refractivity contribution is -0.122. The van der Waals surface area contributed by atoms with Crippen LogP contribution in [0.4, 0.5) is 0 Å². The van der Waals surface area contributed by atoms with Gasteiger partial charge in [0.15, 0.2) is 0 Å². The molecule has 1 spiro atoms. The first-order valence-corrected chi connectivity index (χ1v) is 10.4. The largest absolute Gasteiger partial charge is 0.303 e. The second-order valence-corrected chi connectivity index (χ2v) is 10.1. The third-order valence-corrected chi connectivity index (χ3v) is 9.54. The zero-order valence-corrected chi connectivity index (χ0v) is 15.7. The molecule has 0 aromatic heterocycles. The van der Waals surface area contributed by atoms with Crippen molar-refractivity contribution in [3.8, 4) is 0 Å². The molecule has 2 heteroatoms. The molecule has 5 aliphatic rings. The third-order valence-electron chi connectivity index (χ3n) is 9.54. The number of Topliss-reactive ketones (excluding diaryl/α,β-unsaturated/α-hetero) is 1. The molecule has 0 amide bonds. The number of hydrogen-bond acceptors (Lipinski definition) is 2. The molecule has 1 saturated heterocycles. The van der Waals surface area contributed by atoms with E-state index in [0.29, 0.717) is 16.6 Å². The van der Waals surface area contributed by atoms with Gasteiger partial charge in [0.2, 0.25) is 0 Å². The van der Waals surface area contributed by atoms with E-state index in [-0.39, 0.29) is 0 Å². The van der Waals surface area contributed by atoms with Crippen molar-refractivity contribution in [2.45, 2.75) is 71.3 Å². The maximum atomic E-state index is 12.0. The number of allylic oxidation sites excluding steroid dienone is 2. The highest BCUT2D eigenvalue weighted by Gasteiger charge is 2.63. The van der Waals surface area contributed by atoms with Crippen LogP contribution in [-0.4, -0.2) is 30.3 Å². The minimum Gasteiger partial charge on any atom is -0.303 e. The summed E-state index contributed by atoms with van der Waals surface area (Å²) in [5.74, 6) is 4.11. The normalized spacial score (nSPS) is 53.9. The maximum absolute atomic E-state index is 12.0. The molecule has 4 aliphatic carbocycles. The highest BCUT2D eigenvalue weighted by molar-refractivity contribution is 5.82. The van der Waals surface area contributed by atoms with Crippen molar-refractivity contribution in [1.29, 1.82) is 0 Å². The smallest absolute Gasteiger partial charge is 0.136 e. The average molecular weight is 328 g/mol. The zero-order chi connectivity index (χ0) is 16.7. The molecule has 24 heavy (non-hydrogen) atoms. The molecule has 7 atom stereocenters. The molecule has 2 unspecified atom stereocenters. The Hall–Kier alpha value is -0.630. The van der Waals surface area contributed by atoms with Gasteiger partial charge in [-0.3, -0.25) is 4.79 Å². The predicted octanol–water partition coefficient (Wildman–Crippen LogP) is 4.45. The summed E-state index contributed by atoms with van der Waals surface area (Å²) in [5.41, 5.74) is 2.48. The molecule has 5 rings (SSSR count). The van der Waals surface area contributed by atoms with Gasteiger partial charge in [-0.2, -0.15) is 0 Å². The molecule has 132 valence electrons. The van der Waals surface area contributed by atoms with Gasteiger partial charge in [-0.05, 0) is 87.0 Å². The molecule has 1 heterocycles. The number of rotatable bonds is 0. The predicted molar refractivity (Wildman–Crippen MR) is 96.6 cm³/mol. The molecular formula is C22H33NO. The number of fused-ring (bicyclic) bond motifs is 4. The molecule has 1 aliphatic heterocycles. The van der Waals surface area contributed by atoms with Crippen LogP contribution in [0.15, 0.2) is 11.6 Å². The van der Waals surface area contributed by atoms with Crippen LogP contribution in [0.5, 0.6) is 0 Å². The summed E-state index contributed by atoms with van der Waals surface area (Å²) in [6.07, 6.45) is 12.3. The first-order chi connectivity index (χ1) is 11.5. The highest BCUT2D eigenvalue weighted by atomic mass is 16.1. The van der Waals surface area contributed by atoms with E-state index >= 15 is 0 Å². The molecule has 4 fully saturated rings. The quantitative estimate of drug-likeness (QED) is 0.613. The summed E-state index contributed by atoms with van der Waals surface area (Å²) in [5, 5.41) is 0. The fourth-order valence-corrected chi connectivity index (χ4v) is 8.28. The Morgan fingerprint density at radius 3 is 2.75 bits per heavy atom. The lowest BCUT2D eigenvalue weighted by atomic mass is 9.47. The molecular weight excluding hydrogens is 294 g/mol. The summed E-state index contributed by atoms with van der Waals surface area (Å²) in [6.45, 7) is 6.33. The Labute approximate surface area is 147 Å². The molecule has 3 saturated carbocycles. The van der Waals surface area contributed by atoms with E-state index < -0.39 is 0 Å². The van der Waals surface area contributed by atoms with Gasteiger partial charge in [0.25, 0.3) is 0 Å². The standard InChI is InChI=1S/C22H33NO/c1-14-18-6-7-20-17-5-4-15-12-16(24)8-10-21(15,2)19(17)9-11-22(18,20)13-23(14)3/h4,14,17-20H,5-13H2,1-3H3/t14-,17+,18+,19-,20?,21?,22-/m0/s1. The summed E-state index contributed by atoms with van der Waals surface area (Å²) in [4.78, 5) is 14.6. The number of likely N-dealkylation sites (tertiary alicyclic amines) is 1. The van der Waals surface area contributed by atoms with Gasteiger partial charge < -0.3 is 4.90 Å². The Balaban J connectivity index is 1.50. The zero-order valence-electron chi connectivity index (χ0n) is 15.7. The van der Waals surface area contributed by atoms with Crippen molar-refractivity contribution >= 4 is 5.78 Å². The van der Waals surface area contributed by atoms with Crippen molar-refractivity contribution in [3.63, 3.8) is 0 Å². The number of ketones is 1. The van der Waals surface area contributed by atoms with Gasteiger partial charge in [-0.1, -0.05) is 18.6 Å². The van der Waals surface area contributed by atoms with Crippen molar-refractivity contribution < 1.29 is 4.79 Å². The molecule has 0 aromatic carbocycles. The second kappa shape index (κ2) is 4.96. The van der Waals surface area contributed by atoms with Crippen molar-refractivity contribution in [2.75, 3.05) is 13.6 Å². The van der Waals surface area contributed by atoms with Gasteiger partial charge in [0, 0.05) is 25.4 Å². The highest BCUT2D eigenvalue weighted by Crippen LogP contribution is 2.68. The number of nitrogens with zero attached hydrogens (tertiary/aromatic N) is 1. The van der Waals surface area contributed by atoms with Crippen LogP contribution in [0.2, 0.25) is 0 Å². The first-order valence-electron chi connectivity index (χ1n) is 10.4. The minimum atomic E-state index is 0.340. The number of carbonyl (C=O) groups is 1. The molecule has 0 aromatic rings. The Morgan fingerprint density at radius 2 is 1.92 bits per heavy atom. The number of carbonyl (C=O) groups excluding carboxylic acids is 1. The summed E-state index contributed by atoms with van der Waals surface area (Å²) >= 11 is 0. The van der Waals surface area contributed by atoms with Gasteiger partial charge >= 0.3 is 0 Å². The summed E-state index contributed by atoms with van der Waals surface area (Å²) in [7, 11) is 2.35. The second-order valence-electron chi connectivity index (χ2n) is 10.1. The average Bonchev–Trinajstić information content (AvgIpc) is 3.03. The minimum absolute atomic E-state index is 0.340. The van der Waals surface area contributed by atoms with E-state index in [0.717, 1.165) is 49.0 Å². The molecule has 0 N–H and O–H groups in total. The van der Waals surface area contributed by atoms with Crippen LogP contribution in [0.25, 0.3) is 0 Å². The summed E-state index contributed by atoms with van der Waals surface area (Å²) < 4.78 is 0. The lowest BCUT2D eigenvalue weighted by Gasteiger charge is -2.57. The molecule has 0 bridgehead atoms. The van der Waals surface area contributed by atoms with Gasteiger partial charge in [-0.15, -0.1) is 0 Å². The van der Waals surface area contributed by atoms with E-state index in [4.69, 9.17) is 0 Å². The number of hydrogen-bond donors (Lipinski definition) is 0. The Bertz CT molecular complexity index is 609. The van der Waals surface area contributed by atoms with Gasteiger partial charge in [0.05, 0.1) is 0 Å². The fourth-order valence-electron chi connectivity index (χ4n) is 8.28. The first kappa shape index (κ1) is 15.6. The van der Waals surface area contributed by atoms with Crippen LogP contribution in [0.3, 0.4) is 0 Å².